The van der Waals surface area contributed by atoms with Crippen molar-refractivity contribution in [2.45, 2.75) is 12.6 Å². The number of alkyl halides is 3. The summed E-state index contributed by atoms with van der Waals surface area (Å²) in [6.45, 7) is 0. The second-order valence-corrected chi connectivity index (χ2v) is 3.57. The fourth-order valence-electron chi connectivity index (χ4n) is 0.894. The summed E-state index contributed by atoms with van der Waals surface area (Å²) in [5, 5.41) is 8.38. The lowest BCUT2D eigenvalue weighted by Gasteiger charge is -2.09. The van der Waals surface area contributed by atoms with Crippen molar-refractivity contribution in [3.05, 3.63) is 27.1 Å². The van der Waals surface area contributed by atoms with E-state index in [1.165, 1.54) is 6.20 Å². The molecular formula is C8H4F3IN2. The molecule has 0 saturated carbocycles. The molecular weight excluding hydrogens is 308 g/mol. The van der Waals surface area contributed by atoms with Gasteiger partial charge in [0.25, 0.3) is 0 Å². The Morgan fingerprint density at radius 2 is 2.07 bits per heavy atom. The first-order chi connectivity index (χ1) is 6.46. The first-order valence-corrected chi connectivity index (χ1v) is 4.61. The summed E-state index contributed by atoms with van der Waals surface area (Å²) in [6, 6.07) is 1.79. The minimum atomic E-state index is -4.41. The summed E-state index contributed by atoms with van der Waals surface area (Å²) in [7, 11) is 0. The van der Waals surface area contributed by atoms with Crippen LogP contribution in [0.15, 0.2) is 12.4 Å². The zero-order valence-corrected chi connectivity index (χ0v) is 8.93. The van der Waals surface area contributed by atoms with Crippen LogP contribution in [0.4, 0.5) is 13.2 Å². The molecule has 0 aromatic carbocycles. The van der Waals surface area contributed by atoms with E-state index in [4.69, 9.17) is 5.26 Å². The van der Waals surface area contributed by atoms with Gasteiger partial charge in [-0.1, -0.05) is 0 Å². The molecule has 1 rings (SSSR count). The highest BCUT2D eigenvalue weighted by Crippen LogP contribution is 2.33. The molecule has 1 heterocycles. The van der Waals surface area contributed by atoms with E-state index in [2.05, 4.69) is 4.98 Å². The number of nitriles is 1. The zero-order chi connectivity index (χ0) is 10.8. The summed E-state index contributed by atoms with van der Waals surface area (Å²) in [4.78, 5) is 3.45. The van der Waals surface area contributed by atoms with Crippen LogP contribution in [0.3, 0.4) is 0 Å². The molecule has 6 heteroatoms. The van der Waals surface area contributed by atoms with Gasteiger partial charge in [0.1, 0.15) is 0 Å². The van der Waals surface area contributed by atoms with Crippen molar-refractivity contribution in [2.75, 3.05) is 0 Å². The van der Waals surface area contributed by atoms with Gasteiger partial charge < -0.3 is 0 Å². The highest BCUT2D eigenvalue weighted by Gasteiger charge is 2.34. The maximum Gasteiger partial charge on any atom is 0.418 e. The summed E-state index contributed by atoms with van der Waals surface area (Å²) in [6.07, 6.45) is -2.42. The summed E-state index contributed by atoms with van der Waals surface area (Å²) in [5.74, 6) is 0. The predicted molar refractivity (Wildman–Crippen MR) is 51.3 cm³/mol. The van der Waals surface area contributed by atoms with Gasteiger partial charge in [-0.05, 0) is 28.2 Å². The number of hydrogen-bond donors (Lipinski definition) is 0. The third-order valence-electron chi connectivity index (χ3n) is 1.53. The molecule has 0 atom stereocenters. The van der Waals surface area contributed by atoms with Crippen LogP contribution in [0.2, 0.25) is 0 Å². The van der Waals surface area contributed by atoms with Gasteiger partial charge in [-0.3, -0.25) is 4.98 Å². The van der Waals surface area contributed by atoms with Gasteiger partial charge in [-0.2, -0.15) is 18.4 Å². The van der Waals surface area contributed by atoms with Crippen LogP contribution >= 0.6 is 22.6 Å². The first-order valence-electron chi connectivity index (χ1n) is 3.53. The van der Waals surface area contributed by atoms with E-state index in [1.807, 2.05) is 0 Å². The first kappa shape index (κ1) is 11.2. The van der Waals surface area contributed by atoms with E-state index in [9.17, 15) is 13.2 Å². The lowest BCUT2D eigenvalue weighted by atomic mass is 10.1. The van der Waals surface area contributed by atoms with E-state index in [0.717, 1.165) is 6.20 Å². The standard InChI is InChI=1S/C8H4F3IN2/c9-8(10,11)6-4-14-3-5(1-2-13)7(6)12/h3-4H,1H2. The van der Waals surface area contributed by atoms with Crippen LogP contribution in [-0.4, -0.2) is 4.98 Å². The Morgan fingerprint density at radius 3 is 2.57 bits per heavy atom. The Morgan fingerprint density at radius 1 is 1.43 bits per heavy atom. The molecule has 0 amide bonds. The number of pyridine rings is 1. The predicted octanol–water partition coefficient (Wildman–Crippen LogP) is 2.77. The van der Waals surface area contributed by atoms with Crippen molar-refractivity contribution in [3.63, 3.8) is 0 Å². The summed E-state index contributed by atoms with van der Waals surface area (Å²) >= 11 is 1.58. The Hall–Kier alpha value is -0.840. The quantitative estimate of drug-likeness (QED) is 0.748. The maximum absolute atomic E-state index is 12.3. The van der Waals surface area contributed by atoms with Crippen molar-refractivity contribution >= 4 is 22.6 Å². The van der Waals surface area contributed by atoms with Gasteiger partial charge >= 0.3 is 6.18 Å². The second-order valence-electron chi connectivity index (χ2n) is 2.49. The fraction of sp³-hybridized carbons (Fsp3) is 0.250. The smallest absolute Gasteiger partial charge is 0.264 e. The van der Waals surface area contributed by atoms with E-state index in [0.29, 0.717) is 5.56 Å². The third kappa shape index (κ3) is 2.35. The molecule has 1 aromatic rings. The fourth-order valence-corrected chi connectivity index (χ4v) is 1.67. The number of nitrogens with zero attached hydrogens (tertiary/aromatic N) is 2. The minimum Gasteiger partial charge on any atom is -0.264 e. The largest absolute Gasteiger partial charge is 0.418 e. The molecule has 0 aliphatic rings. The van der Waals surface area contributed by atoms with Gasteiger partial charge in [0.05, 0.1) is 18.1 Å². The highest BCUT2D eigenvalue weighted by atomic mass is 127. The average molecular weight is 312 g/mol. The molecule has 0 aliphatic carbocycles. The molecule has 0 unspecified atom stereocenters. The third-order valence-corrected chi connectivity index (χ3v) is 2.80. The van der Waals surface area contributed by atoms with Gasteiger partial charge in [-0.15, -0.1) is 0 Å². The number of aromatic nitrogens is 1. The van der Waals surface area contributed by atoms with E-state index in [-0.39, 0.29) is 9.99 Å². The lowest BCUT2D eigenvalue weighted by molar-refractivity contribution is -0.138. The molecule has 0 fully saturated rings. The van der Waals surface area contributed by atoms with E-state index >= 15 is 0 Å². The molecule has 0 bridgehead atoms. The Labute approximate surface area is 91.9 Å². The van der Waals surface area contributed by atoms with Crippen LogP contribution in [0, 0.1) is 14.9 Å². The van der Waals surface area contributed by atoms with Gasteiger partial charge in [0.2, 0.25) is 0 Å². The molecule has 0 aliphatic heterocycles. The monoisotopic (exact) mass is 312 g/mol. The summed E-state index contributed by atoms with van der Waals surface area (Å²) in [5.41, 5.74) is -0.478. The van der Waals surface area contributed by atoms with Gasteiger partial charge in [0, 0.05) is 16.0 Å². The van der Waals surface area contributed by atoms with Crippen molar-refractivity contribution in [2.24, 2.45) is 0 Å². The number of hydrogen-bond acceptors (Lipinski definition) is 2. The number of halogens is 4. The Bertz CT molecular complexity index is 381. The van der Waals surface area contributed by atoms with Crippen LogP contribution in [0.25, 0.3) is 0 Å². The molecule has 74 valence electrons. The zero-order valence-electron chi connectivity index (χ0n) is 6.77. The molecule has 1 aromatic heterocycles. The molecule has 0 saturated heterocycles. The molecule has 0 spiro atoms. The minimum absolute atomic E-state index is 0.0478. The molecule has 2 nitrogen and oxygen atoms in total. The van der Waals surface area contributed by atoms with Gasteiger partial charge in [-0.25, -0.2) is 0 Å². The van der Waals surface area contributed by atoms with Crippen molar-refractivity contribution in [1.29, 1.82) is 5.26 Å². The van der Waals surface area contributed by atoms with Crippen LogP contribution in [0.5, 0.6) is 0 Å². The lowest BCUT2D eigenvalue weighted by Crippen LogP contribution is -2.10. The van der Waals surface area contributed by atoms with Gasteiger partial charge in [0.15, 0.2) is 0 Å². The van der Waals surface area contributed by atoms with Crippen molar-refractivity contribution in [3.8, 4) is 6.07 Å². The van der Waals surface area contributed by atoms with Crippen molar-refractivity contribution in [1.82, 2.24) is 4.98 Å². The van der Waals surface area contributed by atoms with Crippen LogP contribution < -0.4 is 0 Å². The number of rotatable bonds is 1. The summed E-state index contributed by atoms with van der Waals surface area (Å²) < 4.78 is 37.1. The molecule has 0 radical (unpaired) electrons. The highest BCUT2D eigenvalue weighted by molar-refractivity contribution is 14.1. The SMILES string of the molecule is N#CCc1cncc(C(F)(F)F)c1I. The Kier molecular flexibility index (Phi) is 3.31. The topological polar surface area (TPSA) is 36.7 Å². The average Bonchev–Trinajstić information content (AvgIpc) is 2.07. The van der Waals surface area contributed by atoms with Crippen LogP contribution in [0.1, 0.15) is 11.1 Å². The normalized spacial score (nSPS) is 11.1. The Balaban J connectivity index is 3.22. The van der Waals surface area contributed by atoms with Crippen LogP contribution in [-0.2, 0) is 12.6 Å². The molecule has 0 N–H and O–H groups in total. The van der Waals surface area contributed by atoms with Crippen molar-refractivity contribution < 1.29 is 13.2 Å². The van der Waals surface area contributed by atoms with E-state index < -0.39 is 11.7 Å². The molecule has 14 heavy (non-hydrogen) atoms. The second kappa shape index (κ2) is 4.13. The van der Waals surface area contributed by atoms with E-state index in [1.54, 1.807) is 28.7 Å². The maximum atomic E-state index is 12.3.